The van der Waals surface area contributed by atoms with E-state index < -0.39 is 0 Å². The smallest absolute Gasteiger partial charge is 0.322 e. The van der Waals surface area contributed by atoms with E-state index in [4.69, 9.17) is 4.74 Å². The number of anilines is 1. The molecule has 3 amide bonds. The number of piperidine rings is 1. The highest BCUT2D eigenvalue weighted by Gasteiger charge is 2.29. The molecule has 2 aliphatic rings. The number of carbonyl (C=O) groups excluding carboxylic acids is 2. The molecule has 1 aromatic rings. The average Bonchev–Trinajstić information content (AvgIpc) is 2.70. The van der Waals surface area contributed by atoms with Gasteiger partial charge in [-0.1, -0.05) is 18.2 Å². The van der Waals surface area contributed by atoms with E-state index in [1.54, 1.807) is 6.92 Å². The molecule has 2 heterocycles. The number of benzene rings is 1. The lowest BCUT2D eigenvalue weighted by Gasteiger charge is -2.39. The molecule has 2 fully saturated rings. The number of nitrogens with zero attached hydrogens (tertiary/aromatic N) is 3. The van der Waals surface area contributed by atoms with Gasteiger partial charge >= 0.3 is 6.03 Å². The third-order valence-corrected chi connectivity index (χ3v) is 5.40. The number of ether oxygens (including phenoxy) is 1. The van der Waals surface area contributed by atoms with Gasteiger partial charge in [-0.05, 0) is 25.0 Å². The van der Waals surface area contributed by atoms with E-state index in [0.717, 1.165) is 51.4 Å². The quantitative estimate of drug-likeness (QED) is 0.854. The van der Waals surface area contributed by atoms with Gasteiger partial charge in [0.2, 0.25) is 5.91 Å². The van der Waals surface area contributed by atoms with E-state index in [0.29, 0.717) is 19.6 Å². The van der Waals surface area contributed by atoms with Crippen LogP contribution in [-0.4, -0.2) is 85.2 Å². The van der Waals surface area contributed by atoms with Crippen molar-refractivity contribution < 1.29 is 14.3 Å². The van der Waals surface area contributed by atoms with Gasteiger partial charge < -0.3 is 19.9 Å². The van der Waals surface area contributed by atoms with Crippen molar-refractivity contribution in [2.45, 2.75) is 25.8 Å². The fourth-order valence-corrected chi connectivity index (χ4v) is 3.73. The predicted octanol–water partition coefficient (Wildman–Crippen LogP) is 1.86. The molecule has 3 rings (SSSR count). The van der Waals surface area contributed by atoms with Crippen molar-refractivity contribution in [1.82, 2.24) is 14.7 Å². The van der Waals surface area contributed by atoms with Crippen molar-refractivity contribution in [3.8, 4) is 0 Å². The Kier molecular flexibility index (Phi) is 7.06. The number of nitrogens with one attached hydrogen (secondary N) is 1. The van der Waals surface area contributed by atoms with Crippen molar-refractivity contribution in [3.05, 3.63) is 30.3 Å². The average molecular weight is 374 g/mol. The Morgan fingerprint density at radius 1 is 1.11 bits per heavy atom. The molecule has 0 bridgehead atoms. The molecule has 0 atom stereocenters. The molecule has 0 aliphatic carbocycles. The number of morpholine rings is 1. The summed E-state index contributed by atoms with van der Waals surface area (Å²) in [7, 11) is 0. The Morgan fingerprint density at radius 3 is 2.41 bits per heavy atom. The Labute approximate surface area is 161 Å². The largest absolute Gasteiger partial charge is 0.379 e. The van der Waals surface area contributed by atoms with Crippen LogP contribution in [0.3, 0.4) is 0 Å². The number of amides is 3. The van der Waals surface area contributed by atoms with Crippen molar-refractivity contribution in [2.24, 2.45) is 0 Å². The lowest BCUT2D eigenvalue weighted by atomic mass is 10.0. The summed E-state index contributed by atoms with van der Waals surface area (Å²) in [6, 6.07) is 9.66. The van der Waals surface area contributed by atoms with Gasteiger partial charge in [0, 0.05) is 57.9 Å². The second kappa shape index (κ2) is 9.71. The first-order chi connectivity index (χ1) is 13.1. The van der Waals surface area contributed by atoms with Crippen LogP contribution in [0.2, 0.25) is 0 Å². The van der Waals surface area contributed by atoms with E-state index in [9.17, 15) is 9.59 Å². The van der Waals surface area contributed by atoms with E-state index in [1.165, 1.54) is 0 Å². The van der Waals surface area contributed by atoms with Crippen LogP contribution in [0.4, 0.5) is 10.5 Å². The molecule has 0 radical (unpaired) electrons. The molecule has 2 saturated heterocycles. The van der Waals surface area contributed by atoms with Gasteiger partial charge in [-0.2, -0.15) is 0 Å². The van der Waals surface area contributed by atoms with Crippen molar-refractivity contribution >= 4 is 17.6 Å². The van der Waals surface area contributed by atoms with Crippen LogP contribution in [0.1, 0.15) is 19.8 Å². The maximum atomic E-state index is 13.0. The summed E-state index contributed by atoms with van der Waals surface area (Å²) in [4.78, 5) is 30.8. The van der Waals surface area contributed by atoms with Crippen molar-refractivity contribution in [3.63, 3.8) is 0 Å². The molecule has 2 aliphatic heterocycles. The summed E-state index contributed by atoms with van der Waals surface area (Å²) < 4.78 is 5.41. The monoisotopic (exact) mass is 374 g/mol. The molecule has 0 spiro atoms. The van der Waals surface area contributed by atoms with E-state index in [-0.39, 0.29) is 18.0 Å². The number of hydrogen-bond acceptors (Lipinski definition) is 4. The first kappa shape index (κ1) is 19.6. The van der Waals surface area contributed by atoms with Gasteiger partial charge in [-0.25, -0.2) is 4.79 Å². The Balaban J connectivity index is 1.62. The second-order valence-electron chi connectivity index (χ2n) is 7.18. The highest BCUT2D eigenvalue weighted by Crippen LogP contribution is 2.19. The zero-order chi connectivity index (χ0) is 19.1. The number of urea groups is 1. The van der Waals surface area contributed by atoms with Crippen LogP contribution in [0.5, 0.6) is 0 Å². The third kappa shape index (κ3) is 5.68. The molecule has 0 unspecified atom stereocenters. The maximum Gasteiger partial charge on any atom is 0.322 e. The minimum absolute atomic E-state index is 0.0595. The Morgan fingerprint density at radius 2 is 1.78 bits per heavy atom. The minimum Gasteiger partial charge on any atom is -0.379 e. The minimum atomic E-state index is -0.0595. The maximum absolute atomic E-state index is 13.0. The van der Waals surface area contributed by atoms with E-state index >= 15 is 0 Å². The van der Waals surface area contributed by atoms with Gasteiger partial charge in [0.25, 0.3) is 0 Å². The van der Waals surface area contributed by atoms with Gasteiger partial charge in [-0.15, -0.1) is 0 Å². The fraction of sp³-hybridized carbons (Fsp3) is 0.600. The molecular weight excluding hydrogens is 344 g/mol. The predicted molar refractivity (Wildman–Crippen MR) is 105 cm³/mol. The first-order valence-electron chi connectivity index (χ1n) is 9.82. The van der Waals surface area contributed by atoms with Gasteiger partial charge in [0.15, 0.2) is 0 Å². The molecule has 1 aromatic carbocycles. The van der Waals surface area contributed by atoms with Crippen LogP contribution in [0.15, 0.2) is 30.3 Å². The zero-order valence-electron chi connectivity index (χ0n) is 16.1. The highest BCUT2D eigenvalue weighted by atomic mass is 16.5. The molecule has 148 valence electrons. The normalized spacial score (nSPS) is 18.9. The lowest BCUT2D eigenvalue weighted by Crippen LogP contribution is -2.52. The molecule has 0 saturated carbocycles. The number of likely N-dealkylation sites (tertiary alicyclic amines) is 1. The summed E-state index contributed by atoms with van der Waals surface area (Å²) in [6.07, 6.45) is 1.65. The molecule has 0 aromatic heterocycles. The Bertz CT molecular complexity index is 611. The summed E-state index contributed by atoms with van der Waals surface area (Å²) in [6.45, 7) is 7.91. The summed E-state index contributed by atoms with van der Waals surface area (Å²) in [5.41, 5.74) is 0.806. The van der Waals surface area contributed by atoms with Crippen LogP contribution in [-0.2, 0) is 9.53 Å². The van der Waals surface area contributed by atoms with Crippen molar-refractivity contribution in [1.29, 1.82) is 0 Å². The van der Waals surface area contributed by atoms with E-state index in [2.05, 4.69) is 10.2 Å². The number of para-hydroxylation sites is 1. The topological polar surface area (TPSA) is 65.1 Å². The van der Waals surface area contributed by atoms with Crippen LogP contribution in [0.25, 0.3) is 0 Å². The molecule has 7 heteroatoms. The number of carbonyl (C=O) groups is 2. The van der Waals surface area contributed by atoms with E-state index in [1.807, 2.05) is 40.1 Å². The number of hydrogen-bond donors (Lipinski definition) is 1. The molecular formula is C20H30N4O3. The van der Waals surface area contributed by atoms with Crippen LogP contribution >= 0.6 is 0 Å². The SMILES string of the molecule is CC(=O)N1CCC(N(CCN2CCOCC2)C(=O)Nc2ccccc2)CC1. The van der Waals surface area contributed by atoms with Crippen molar-refractivity contribution in [2.75, 3.05) is 57.8 Å². The van der Waals surface area contributed by atoms with Crippen LogP contribution < -0.4 is 5.32 Å². The first-order valence-corrected chi connectivity index (χ1v) is 9.82. The molecule has 27 heavy (non-hydrogen) atoms. The van der Waals surface area contributed by atoms with Crippen LogP contribution in [0, 0.1) is 0 Å². The highest BCUT2D eigenvalue weighted by molar-refractivity contribution is 5.89. The number of rotatable bonds is 5. The second-order valence-corrected chi connectivity index (χ2v) is 7.18. The summed E-state index contributed by atoms with van der Waals surface area (Å²) >= 11 is 0. The fourth-order valence-electron chi connectivity index (χ4n) is 3.73. The van der Waals surface area contributed by atoms with Gasteiger partial charge in [0.05, 0.1) is 13.2 Å². The zero-order valence-corrected chi connectivity index (χ0v) is 16.1. The Hall–Kier alpha value is -2.12. The lowest BCUT2D eigenvalue weighted by molar-refractivity contribution is -0.130. The molecule has 7 nitrogen and oxygen atoms in total. The third-order valence-electron chi connectivity index (χ3n) is 5.40. The van der Waals surface area contributed by atoms with Gasteiger partial charge in [0.1, 0.15) is 0 Å². The summed E-state index contributed by atoms with van der Waals surface area (Å²) in [5.74, 6) is 0.113. The molecule has 1 N–H and O–H groups in total. The summed E-state index contributed by atoms with van der Waals surface area (Å²) in [5, 5.41) is 3.02. The standard InChI is InChI=1S/C20H30N4O3/c1-17(25)23-9-7-19(8-10-23)24(12-11-22-13-15-27-16-14-22)20(26)21-18-5-3-2-4-6-18/h2-6,19H,7-16H2,1H3,(H,21,26). The van der Waals surface area contributed by atoms with Gasteiger partial charge in [-0.3, -0.25) is 9.69 Å².